The standard InChI is InChI=1S/C11H20N2O3/c1-7(14)12-5-10-11(15)9(6-16-10)13-8-3-2-4-8/h8-11,13,15H,2-6H2,1H3,(H,12,14)/t9-,10-,11+/m1/s1. The van der Waals surface area contributed by atoms with Gasteiger partial charge in [-0.15, -0.1) is 0 Å². The average Bonchev–Trinajstić information content (AvgIpc) is 2.51. The van der Waals surface area contributed by atoms with Crippen molar-refractivity contribution in [2.45, 2.75) is 50.5 Å². The number of hydrogen-bond acceptors (Lipinski definition) is 4. The molecule has 2 fully saturated rings. The third-order valence-electron chi connectivity index (χ3n) is 3.39. The van der Waals surface area contributed by atoms with Crippen molar-refractivity contribution in [3.63, 3.8) is 0 Å². The number of aliphatic hydroxyl groups is 1. The maximum absolute atomic E-state index is 10.8. The second kappa shape index (κ2) is 5.12. The van der Waals surface area contributed by atoms with Crippen molar-refractivity contribution in [3.05, 3.63) is 0 Å². The minimum absolute atomic E-state index is 0.0176. The Morgan fingerprint density at radius 1 is 1.50 bits per heavy atom. The van der Waals surface area contributed by atoms with Crippen LogP contribution in [0.2, 0.25) is 0 Å². The molecule has 3 N–H and O–H groups in total. The van der Waals surface area contributed by atoms with E-state index in [0.29, 0.717) is 19.2 Å². The smallest absolute Gasteiger partial charge is 0.216 e. The summed E-state index contributed by atoms with van der Waals surface area (Å²) >= 11 is 0. The lowest BCUT2D eigenvalue weighted by Crippen LogP contribution is -2.50. The average molecular weight is 228 g/mol. The van der Waals surface area contributed by atoms with Gasteiger partial charge in [-0.1, -0.05) is 6.42 Å². The van der Waals surface area contributed by atoms with Crippen LogP contribution in [-0.2, 0) is 9.53 Å². The Hall–Kier alpha value is -0.650. The molecule has 1 saturated heterocycles. The fraction of sp³-hybridized carbons (Fsp3) is 0.909. The van der Waals surface area contributed by atoms with Crippen LogP contribution in [0.3, 0.4) is 0 Å². The first-order chi connectivity index (χ1) is 7.66. The molecular weight excluding hydrogens is 208 g/mol. The van der Waals surface area contributed by atoms with Crippen LogP contribution in [0, 0.1) is 0 Å². The fourth-order valence-corrected chi connectivity index (χ4v) is 2.13. The molecule has 1 amide bonds. The van der Waals surface area contributed by atoms with E-state index in [9.17, 15) is 9.90 Å². The molecule has 1 saturated carbocycles. The highest BCUT2D eigenvalue weighted by Gasteiger charge is 2.37. The van der Waals surface area contributed by atoms with Gasteiger partial charge in [0.05, 0.1) is 18.8 Å². The summed E-state index contributed by atoms with van der Waals surface area (Å²) < 4.78 is 5.47. The lowest BCUT2D eigenvalue weighted by atomic mass is 9.92. The van der Waals surface area contributed by atoms with Crippen molar-refractivity contribution < 1.29 is 14.6 Å². The monoisotopic (exact) mass is 228 g/mol. The quantitative estimate of drug-likeness (QED) is 0.600. The molecule has 1 aliphatic carbocycles. The van der Waals surface area contributed by atoms with Crippen LogP contribution in [0.15, 0.2) is 0 Å². The lowest BCUT2D eigenvalue weighted by molar-refractivity contribution is -0.119. The van der Waals surface area contributed by atoms with E-state index in [1.165, 1.54) is 26.2 Å². The van der Waals surface area contributed by atoms with Crippen LogP contribution < -0.4 is 10.6 Å². The normalized spacial score (nSPS) is 34.8. The highest BCUT2D eigenvalue weighted by atomic mass is 16.5. The van der Waals surface area contributed by atoms with E-state index in [4.69, 9.17) is 4.74 Å². The van der Waals surface area contributed by atoms with Crippen molar-refractivity contribution >= 4 is 5.91 Å². The predicted molar refractivity (Wildman–Crippen MR) is 59.0 cm³/mol. The first kappa shape index (κ1) is 11.8. The van der Waals surface area contributed by atoms with E-state index in [2.05, 4.69) is 10.6 Å². The zero-order valence-corrected chi connectivity index (χ0v) is 9.61. The van der Waals surface area contributed by atoms with Gasteiger partial charge in [-0.3, -0.25) is 4.79 Å². The summed E-state index contributed by atoms with van der Waals surface area (Å²) in [6.45, 7) is 2.38. The van der Waals surface area contributed by atoms with Gasteiger partial charge < -0.3 is 20.5 Å². The highest BCUT2D eigenvalue weighted by molar-refractivity contribution is 5.72. The molecule has 2 aliphatic rings. The maximum Gasteiger partial charge on any atom is 0.216 e. The molecule has 0 aromatic carbocycles. The molecule has 92 valence electrons. The molecule has 3 atom stereocenters. The van der Waals surface area contributed by atoms with Gasteiger partial charge in [0.15, 0.2) is 0 Å². The van der Waals surface area contributed by atoms with Crippen LogP contribution in [0.25, 0.3) is 0 Å². The number of amides is 1. The van der Waals surface area contributed by atoms with Crippen molar-refractivity contribution in [1.82, 2.24) is 10.6 Å². The predicted octanol–water partition coefficient (Wildman–Crippen LogP) is -0.607. The van der Waals surface area contributed by atoms with E-state index in [0.717, 1.165) is 0 Å². The maximum atomic E-state index is 10.8. The Morgan fingerprint density at radius 2 is 2.25 bits per heavy atom. The second-order valence-corrected chi connectivity index (χ2v) is 4.70. The third kappa shape index (κ3) is 2.72. The van der Waals surface area contributed by atoms with Crippen LogP contribution in [0.4, 0.5) is 0 Å². The van der Waals surface area contributed by atoms with Gasteiger partial charge in [0.25, 0.3) is 0 Å². The summed E-state index contributed by atoms with van der Waals surface area (Å²) in [4.78, 5) is 10.8. The van der Waals surface area contributed by atoms with E-state index >= 15 is 0 Å². The molecule has 0 unspecified atom stereocenters. The van der Waals surface area contributed by atoms with Crippen LogP contribution in [-0.4, -0.2) is 48.5 Å². The molecular formula is C11H20N2O3. The van der Waals surface area contributed by atoms with Crippen LogP contribution in [0.5, 0.6) is 0 Å². The van der Waals surface area contributed by atoms with Crippen molar-refractivity contribution in [2.75, 3.05) is 13.2 Å². The zero-order chi connectivity index (χ0) is 11.5. The Kier molecular flexibility index (Phi) is 3.78. The zero-order valence-electron chi connectivity index (χ0n) is 9.61. The van der Waals surface area contributed by atoms with Gasteiger partial charge in [-0.25, -0.2) is 0 Å². The highest BCUT2D eigenvalue weighted by Crippen LogP contribution is 2.22. The molecule has 16 heavy (non-hydrogen) atoms. The number of carbonyl (C=O) groups excluding carboxylic acids is 1. The van der Waals surface area contributed by atoms with Crippen molar-refractivity contribution in [2.24, 2.45) is 0 Å². The van der Waals surface area contributed by atoms with Crippen LogP contribution >= 0.6 is 0 Å². The van der Waals surface area contributed by atoms with Crippen LogP contribution in [0.1, 0.15) is 26.2 Å². The number of nitrogens with one attached hydrogen (secondary N) is 2. The third-order valence-corrected chi connectivity index (χ3v) is 3.39. The number of carbonyl (C=O) groups is 1. The molecule has 1 aliphatic heterocycles. The SMILES string of the molecule is CC(=O)NC[C@H]1OC[C@@H](NC2CCC2)[C@@H]1O. The molecule has 0 aromatic heterocycles. The van der Waals surface area contributed by atoms with Crippen molar-refractivity contribution in [1.29, 1.82) is 0 Å². The Bertz CT molecular complexity index is 256. The minimum atomic E-state index is -0.521. The molecule has 0 aromatic rings. The van der Waals surface area contributed by atoms with E-state index in [-0.39, 0.29) is 18.1 Å². The molecule has 2 rings (SSSR count). The second-order valence-electron chi connectivity index (χ2n) is 4.70. The first-order valence-electron chi connectivity index (χ1n) is 5.97. The molecule has 5 nitrogen and oxygen atoms in total. The largest absolute Gasteiger partial charge is 0.389 e. The van der Waals surface area contributed by atoms with Gasteiger partial charge in [0, 0.05) is 19.5 Å². The minimum Gasteiger partial charge on any atom is -0.389 e. The van der Waals surface area contributed by atoms with E-state index in [1.807, 2.05) is 0 Å². The fourth-order valence-electron chi connectivity index (χ4n) is 2.13. The Balaban J connectivity index is 1.74. The number of rotatable bonds is 4. The molecule has 5 heteroatoms. The Morgan fingerprint density at radius 3 is 2.81 bits per heavy atom. The van der Waals surface area contributed by atoms with Crippen molar-refractivity contribution in [3.8, 4) is 0 Å². The van der Waals surface area contributed by atoms with Gasteiger partial charge in [0.2, 0.25) is 5.91 Å². The molecule has 0 radical (unpaired) electrons. The number of ether oxygens (including phenoxy) is 1. The first-order valence-corrected chi connectivity index (χ1v) is 5.97. The summed E-state index contributed by atoms with van der Waals surface area (Å²) in [6, 6.07) is 0.562. The van der Waals surface area contributed by atoms with Gasteiger partial charge in [-0.2, -0.15) is 0 Å². The topological polar surface area (TPSA) is 70.6 Å². The molecule has 0 bridgehead atoms. The summed E-state index contributed by atoms with van der Waals surface area (Å²) in [6.07, 6.45) is 2.87. The number of aliphatic hydroxyl groups excluding tert-OH is 1. The van der Waals surface area contributed by atoms with E-state index in [1.54, 1.807) is 0 Å². The molecule has 1 heterocycles. The summed E-state index contributed by atoms with van der Waals surface area (Å²) in [5.41, 5.74) is 0. The van der Waals surface area contributed by atoms with Gasteiger partial charge >= 0.3 is 0 Å². The van der Waals surface area contributed by atoms with Gasteiger partial charge in [0.1, 0.15) is 6.10 Å². The lowest BCUT2D eigenvalue weighted by Gasteiger charge is -2.30. The summed E-state index contributed by atoms with van der Waals surface area (Å²) in [7, 11) is 0. The number of hydrogen-bond donors (Lipinski definition) is 3. The Labute approximate surface area is 95.5 Å². The van der Waals surface area contributed by atoms with Gasteiger partial charge in [-0.05, 0) is 12.8 Å². The van der Waals surface area contributed by atoms with E-state index < -0.39 is 6.10 Å². The molecule has 0 spiro atoms. The summed E-state index contributed by atoms with van der Waals surface area (Å²) in [5.74, 6) is -0.0915. The summed E-state index contributed by atoms with van der Waals surface area (Å²) in [5, 5.41) is 16.1.